The van der Waals surface area contributed by atoms with E-state index in [1.54, 1.807) is 0 Å². The Kier molecular flexibility index (Phi) is 8.45. The van der Waals surface area contributed by atoms with Crippen LogP contribution in [-0.2, 0) is 5.41 Å². The van der Waals surface area contributed by atoms with Gasteiger partial charge in [-0.1, -0.05) is 212 Å². The Balaban J connectivity index is 0.869. The first kappa shape index (κ1) is 38.0. The maximum absolute atomic E-state index is 5.11. The third-order valence-electron chi connectivity index (χ3n) is 15.2. The van der Waals surface area contributed by atoms with Crippen LogP contribution < -0.4 is 10.4 Å². The molecule has 0 saturated heterocycles. The Morgan fingerprint density at radius 3 is 1.57 bits per heavy atom. The van der Waals surface area contributed by atoms with Crippen molar-refractivity contribution in [3.05, 3.63) is 274 Å². The van der Waals surface area contributed by atoms with E-state index in [-0.39, 0.29) is 23.2 Å². The second kappa shape index (κ2) is 14.9. The van der Waals surface area contributed by atoms with Crippen LogP contribution in [0.15, 0.2) is 231 Å². The summed E-state index contributed by atoms with van der Waals surface area (Å²) >= 11 is 0. The van der Waals surface area contributed by atoms with Crippen LogP contribution in [0.4, 0.5) is 0 Å². The SMILES string of the molecule is C1=CC2=c3ccccc3=C3C=C(c4ccc5c(c4)-c4ccccc4C54c5ccccc5-c5ccccc54)C=CC3C2C(c2cccc(-c3nc(-c4ccccc4)nc(-c4ccccc4)n3)c2)C1. The van der Waals surface area contributed by atoms with E-state index in [2.05, 4.69) is 194 Å². The standard InChI is InChI=1S/C64H43N3/c1-3-17-40(18-4-1)61-65-62(41-19-5-2-6-20-41)67-63(66-61)45-22-15-21-44(37-45)46-28-16-29-52-47-23-7-8-24-48(47)54-38-42(33-35-53(54)60(46)52)43-34-36-59-55(39-43)51-27-11-14-32-58(51)64(59)56-30-12-9-25-49(56)50-26-10-13-31-57(50)64/h1-27,29-39,46,53,60H,28H2. The molecule has 314 valence electrons. The number of benzene rings is 8. The van der Waals surface area contributed by atoms with Gasteiger partial charge >= 0.3 is 0 Å². The predicted molar refractivity (Wildman–Crippen MR) is 272 cm³/mol. The molecule has 3 unspecified atom stereocenters. The van der Waals surface area contributed by atoms with E-state index in [1.807, 2.05) is 36.4 Å². The smallest absolute Gasteiger partial charge is 0.164 e. The summed E-state index contributed by atoms with van der Waals surface area (Å²) in [5, 5.41) is 2.67. The zero-order valence-corrected chi connectivity index (χ0v) is 36.7. The van der Waals surface area contributed by atoms with Gasteiger partial charge in [-0.2, -0.15) is 0 Å². The zero-order chi connectivity index (χ0) is 44.1. The highest BCUT2D eigenvalue weighted by Crippen LogP contribution is 2.63. The average molecular weight is 854 g/mol. The molecule has 0 N–H and O–H groups in total. The molecule has 0 amide bonds. The molecule has 8 aromatic carbocycles. The van der Waals surface area contributed by atoms with Gasteiger partial charge in [0.2, 0.25) is 0 Å². The summed E-state index contributed by atoms with van der Waals surface area (Å²) in [5.74, 6) is 2.74. The molecule has 0 saturated carbocycles. The monoisotopic (exact) mass is 853 g/mol. The van der Waals surface area contributed by atoms with Crippen LogP contribution in [0.2, 0.25) is 0 Å². The Morgan fingerprint density at radius 1 is 0.403 bits per heavy atom. The third kappa shape index (κ3) is 5.68. The summed E-state index contributed by atoms with van der Waals surface area (Å²) in [6, 6.07) is 73.0. The molecule has 3 heteroatoms. The van der Waals surface area contributed by atoms with E-state index in [4.69, 9.17) is 15.0 Å². The molecule has 1 heterocycles. The number of nitrogens with zero attached hydrogens (tertiary/aromatic N) is 3. The molecule has 0 radical (unpaired) electrons. The zero-order valence-electron chi connectivity index (χ0n) is 36.7. The summed E-state index contributed by atoms with van der Waals surface area (Å²) in [7, 11) is 0. The van der Waals surface area contributed by atoms with E-state index < -0.39 is 0 Å². The lowest BCUT2D eigenvalue weighted by atomic mass is 9.63. The first-order chi connectivity index (χ1) is 33.2. The molecular weight excluding hydrogens is 811 g/mol. The Hall–Kier alpha value is -8.27. The maximum Gasteiger partial charge on any atom is 0.164 e. The first-order valence-corrected chi connectivity index (χ1v) is 23.5. The normalized spacial score (nSPS) is 18.6. The number of aromatic nitrogens is 3. The van der Waals surface area contributed by atoms with Gasteiger partial charge in [0.05, 0.1) is 5.41 Å². The van der Waals surface area contributed by atoms with Gasteiger partial charge in [0.15, 0.2) is 17.5 Å². The largest absolute Gasteiger partial charge is 0.208 e. The molecule has 67 heavy (non-hydrogen) atoms. The fourth-order valence-corrected chi connectivity index (χ4v) is 12.4. The fourth-order valence-electron chi connectivity index (χ4n) is 12.4. The topological polar surface area (TPSA) is 38.7 Å². The van der Waals surface area contributed by atoms with Crippen molar-refractivity contribution in [2.24, 2.45) is 11.8 Å². The van der Waals surface area contributed by atoms with Crippen LogP contribution >= 0.6 is 0 Å². The van der Waals surface area contributed by atoms with Gasteiger partial charge in [0.25, 0.3) is 0 Å². The molecule has 0 aliphatic heterocycles. The minimum Gasteiger partial charge on any atom is -0.208 e. The number of allylic oxidation sites excluding steroid dienone is 6. The Bertz CT molecular complexity index is 3640. The van der Waals surface area contributed by atoms with Gasteiger partial charge < -0.3 is 0 Å². The Labute approximate surface area is 390 Å². The van der Waals surface area contributed by atoms with E-state index >= 15 is 0 Å². The third-order valence-corrected chi connectivity index (χ3v) is 15.2. The second-order valence-electron chi connectivity index (χ2n) is 18.5. The predicted octanol–water partition coefficient (Wildman–Crippen LogP) is 13.2. The summed E-state index contributed by atoms with van der Waals surface area (Å²) < 4.78 is 0. The molecule has 5 aliphatic carbocycles. The van der Waals surface area contributed by atoms with Crippen LogP contribution in [0, 0.1) is 11.8 Å². The molecule has 0 bridgehead atoms. The number of fused-ring (bicyclic) bond motifs is 14. The summed E-state index contributed by atoms with van der Waals surface area (Å²) in [5.41, 5.74) is 20.0. The highest BCUT2D eigenvalue weighted by Gasteiger charge is 2.51. The van der Waals surface area contributed by atoms with Crippen LogP contribution in [0.3, 0.4) is 0 Å². The number of hydrogen-bond donors (Lipinski definition) is 0. The van der Waals surface area contributed by atoms with E-state index in [0.29, 0.717) is 17.5 Å². The van der Waals surface area contributed by atoms with Gasteiger partial charge in [0, 0.05) is 28.5 Å². The lowest BCUT2D eigenvalue weighted by Crippen LogP contribution is -2.42. The van der Waals surface area contributed by atoms with Crippen LogP contribution in [0.1, 0.15) is 45.7 Å². The molecular formula is C64H43N3. The second-order valence-corrected chi connectivity index (χ2v) is 18.5. The average Bonchev–Trinajstić information content (AvgIpc) is 3.88. The van der Waals surface area contributed by atoms with Gasteiger partial charge in [-0.05, 0) is 113 Å². The maximum atomic E-state index is 5.11. The number of rotatable bonds is 5. The van der Waals surface area contributed by atoms with Crippen molar-refractivity contribution >= 4 is 16.7 Å². The van der Waals surface area contributed by atoms with Crippen LogP contribution in [-0.4, -0.2) is 15.0 Å². The molecule has 3 nitrogen and oxygen atoms in total. The minimum atomic E-state index is -0.346. The van der Waals surface area contributed by atoms with Crippen molar-refractivity contribution in [3.63, 3.8) is 0 Å². The summed E-state index contributed by atoms with van der Waals surface area (Å²) in [4.78, 5) is 15.2. The lowest BCUT2D eigenvalue weighted by Gasteiger charge is -2.40. The highest BCUT2D eigenvalue weighted by atomic mass is 15.0. The van der Waals surface area contributed by atoms with Gasteiger partial charge in [-0.3, -0.25) is 0 Å². The van der Waals surface area contributed by atoms with Crippen LogP contribution in [0.5, 0.6) is 0 Å². The van der Waals surface area contributed by atoms with Crippen molar-refractivity contribution in [1.29, 1.82) is 0 Å². The van der Waals surface area contributed by atoms with Crippen molar-refractivity contribution < 1.29 is 0 Å². The fraction of sp³-hybridized carbons (Fsp3) is 0.0781. The van der Waals surface area contributed by atoms with E-state index in [9.17, 15) is 0 Å². The highest BCUT2D eigenvalue weighted by molar-refractivity contribution is 5.97. The Morgan fingerprint density at radius 2 is 0.925 bits per heavy atom. The van der Waals surface area contributed by atoms with Gasteiger partial charge in [0.1, 0.15) is 0 Å². The van der Waals surface area contributed by atoms with E-state index in [1.165, 1.54) is 82.8 Å². The summed E-state index contributed by atoms with van der Waals surface area (Å²) in [6.45, 7) is 0. The van der Waals surface area contributed by atoms with Gasteiger partial charge in [-0.25, -0.2) is 15.0 Å². The molecule has 14 rings (SSSR count). The molecule has 3 atom stereocenters. The molecule has 9 aromatic rings. The van der Waals surface area contributed by atoms with Crippen molar-refractivity contribution in [2.75, 3.05) is 0 Å². The minimum absolute atomic E-state index is 0.212. The lowest BCUT2D eigenvalue weighted by molar-refractivity contribution is 0.458. The quantitative estimate of drug-likeness (QED) is 0.173. The first-order valence-electron chi connectivity index (χ1n) is 23.5. The molecule has 1 spiro atoms. The van der Waals surface area contributed by atoms with Crippen molar-refractivity contribution in [2.45, 2.75) is 17.8 Å². The van der Waals surface area contributed by atoms with E-state index in [0.717, 1.165) is 23.1 Å². The number of hydrogen-bond acceptors (Lipinski definition) is 3. The van der Waals surface area contributed by atoms with Crippen molar-refractivity contribution in [3.8, 4) is 56.4 Å². The molecule has 5 aliphatic rings. The summed E-state index contributed by atoms with van der Waals surface area (Å²) in [6.07, 6.45) is 13.2. The molecule has 0 fully saturated rings. The van der Waals surface area contributed by atoms with Gasteiger partial charge in [-0.15, -0.1) is 0 Å². The van der Waals surface area contributed by atoms with Crippen LogP contribution in [0.25, 0.3) is 73.1 Å². The molecule has 1 aromatic heterocycles. The van der Waals surface area contributed by atoms with Crippen molar-refractivity contribution in [1.82, 2.24) is 15.0 Å².